The molecule has 0 spiro atoms. The molecule has 11 heteroatoms. The Morgan fingerprint density at radius 1 is 0.978 bits per heavy atom. The second-order valence-corrected chi connectivity index (χ2v) is 16.1. The van der Waals surface area contributed by atoms with Gasteiger partial charge in [0, 0.05) is 48.7 Å². The van der Waals surface area contributed by atoms with Gasteiger partial charge in [-0.1, -0.05) is 79.4 Å². The van der Waals surface area contributed by atoms with E-state index in [0.29, 0.717) is 26.1 Å². The molecule has 2 aliphatic rings. The van der Waals surface area contributed by atoms with Gasteiger partial charge in [0.25, 0.3) is 15.1 Å². The molecule has 0 saturated heterocycles. The number of aromatic hydroxyl groups is 2. The van der Waals surface area contributed by atoms with E-state index in [0.717, 1.165) is 38.8 Å². The number of rotatable bonds is 10. The van der Waals surface area contributed by atoms with Crippen molar-refractivity contribution in [2.45, 2.75) is 51.1 Å². The summed E-state index contributed by atoms with van der Waals surface area (Å²) in [5, 5.41) is 22.5. The predicted octanol–water partition coefficient (Wildman–Crippen LogP) is 7.52. The van der Waals surface area contributed by atoms with Gasteiger partial charge in [-0.15, -0.1) is 0 Å². The van der Waals surface area contributed by atoms with Crippen LogP contribution in [0.5, 0.6) is 11.8 Å². The minimum Gasteiger partial charge on any atom is -0.494 e. The summed E-state index contributed by atoms with van der Waals surface area (Å²) in [6, 6.07) is 19.4. The highest BCUT2D eigenvalue weighted by Crippen LogP contribution is 2.47. The van der Waals surface area contributed by atoms with E-state index in [1.807, 2.05) is 30.3 Å². The lowest BCUT2D eigenvalue weighted by Gasteiger charge is -2.31. The summed E-state index contributed by atoms with van der Waals surface area (Å²) in [5.41, 5.74) is 4.70. The smallest absolute Gasteiger partial charge is 0.265 e. The average Bonchev–Trinajstić information content (AvgIpc) is 3.62. The zero-order chi connectivity index (χ0) is 32.5. The molecule has 3 heterocycles. The number of thiazole rings is 1. The van der Waals surface area contributed by atoms with E-state index in [2.05, 4.69) is 71.9 Å². The largest absolute Gasteiger partial charge is 0.494 e. The number of hydrogen-bond donors (Lipinski definition) is 3. The monoisotopic (exact) mass is 676 g/mol. The van der Waals surface area contributed by atoms with Crippen molar-refractivity contribution < 1.29 is 27.8 Å². The number of fused-ring (bicyclic) bond motifs is 2. The fourth-order valence-corrected chi connectivity index (χ4v) is 8.96. The molecule has 0 saturated carbocycles. The minimum atomic E-state index is -4.01. The maximum absolute atomic E-state index is 11.3. The minimum absolute atomic E-state index is 0.0435. The van der Waals surface area contributed by atoms with Crippen molar-refractivity contribution in [2.24, 2.45) is 5.41 Å². The third-order valence-electron chi connectivity index (χ3n) is 8.13. The first-order chi connectivity index (χ1) is 22.0. The molecule has 1 aliphatic carbocycles. The quantitative estimate of drug-likeness (QED) is 0.118. The molecule has 2 aromatic heterocycles. The van der Waals surface area contributed by atoms with Gasteiger partial charge < -0.3 is 15.1 Å². The number of benzene rings is 2. The lowest BCUT2D eigenvalue weighted by molar-refractivity contribution is -0.668. The van der Waals surface area contributed by atoms with Crippen molar-refractivity contribution in [3.8, 4) is 11.8 Å². The summed E-state index contributed by atoms with van der Waals surface area (Å²) in [6.07, 6.45) is 13.1. The van der Waals surface area contributed by atoms with Crippen LogP contribution < -0.4 is 9.47 Å². The molecule has 0 unspecified atom stereocenters. The number of thioether (sulfide) groups is 1. The van der Waals surface area contributed by atoms with Gasteiger partial charge in [0.15, 0.2) is 18.3 Å². The van der Waals surface area contributed by atoms with E-state index in [4.69, 9.17) is 0 Å². The molecule has 1 aliphatic heterocycles. The van der Waals surface area contributed by atoms with Gasteiger partial charge in [-0.25, -0.2) is 0 Å². The van der Waals surface area contributed by atoms with Crippen LogP contribution in [0.3, 0.4) is 0 Å². The fraction of sp³-hybridized carbons (Fsp3) is 0.286. The molecule has 0 atom stereocenters. The van der Waals surface area contributed by atoms with Crippen LogP contribution in [0.4, 0.5) is 5.69 Å². The van der Waals surface area contributed by atoms with Crippen LogP contribution >= 0.6 is 23.1 Å². The van der Waals surface area contributed by atoms with E-state index < -0.39 is 10.1 Å². The fourth-order valence-electron chi connectivity index (χ4n) is 6.20. The van der Waals surface area contributed by atoms with Crippen LogP contribution in [0.2, 0.25) is 0 Å². The van der Waals surface area contributed by atoms with Crippen LogP contribution in [0.1, 0.15) is 38.1 Å². The number of hydrogen-bond acceptors (Lipinski definition) is 7. The Kier molecular flexibility index (Phi) is 9.20. The molecular formula is C35H38N3O5S3+. The maximum atomic E-state index is 11.3. The third kappa shape index (κ3) is 7.44. The number of allylic oxidation sites excluding steroid dienone is 6. The summed E-state index contributed by atoms with van der Waals surface area (Å²) >= 11 is 3.39. The van der Waals surface area contributed by atoms with E-state index >= 15 is 0 Å². The highest BCUT2D eigenvalue weighted by atomic mass is 32.2. The van der Waals surface area contributed by atoms with Gasteiger partial charge in [-0.3, -0.25) is 9.12 Å². The number of aromatic nitrogens is 2. The Balaban J connectivity index is 1.26. The molecule has 2 aromatic carbocycles. The van der Waals surface area contributed by atoms with Crippen LogP contribution in [0.15, 0.2) is 106 Å². The van der Waals surface area contributed by atoms with Gasteiger partial charge in [-0.05, 0) is 53.7 Å². The molecule has 0 amide bonds. The van der Waals surface area contributed by atoms with E-state index in [-0.39, 0.29) is 22.9 Å². The third-order valence-corrected chi connectivity index (χ3v) is 11.2. The van der Waals surface area contributed by atoms with Crippen molar-refractivity contribution >= 4 is 55.2 Å². The zero-order valence-electron chi connectivity index (χ0n) is 25.8. The lowest BCUT2D eigenvalue weighted by atomic mass is 9.75. The molecule has 0 radical (unpaired) electrons. The van der Waals surface area contributed by atoms with Gasteiger partial charge in [0.05, 0.1) is 16.5 Å². The summed E-state index contributed by atoms with van der Waals surface area (Å²) in [5.74, 6) is -0.183. The van der Waals surface area contributed by atoms with Gasteiger partial charge in [0.1, 0.15) is 4.70 Å². The lowest BCUT2D eigenvalue weighted by Crippen LogP contribution is -2.35. The molecule has 4 aromatic rings. The number of nitrogens with zero attached hydrogens (tertiary/aromatic N) is 3. The molecule has 6 rings (SSSR count). The highest BCUT2D eigenvalue weighted by molar-refractivity contribution is 8.03. The maximum Gasteiger partial charge on any atom is 0.265 e. The first kappa shape index (κ1) is 32.2. The molecule has 3 N–H and O–H groups in total. The molecule has 0 bridgehead atoms. The van der Waals surface area contributed by atoms with E-state index in [1.54, 1.807) is 23.1 Å². The summed E-state index contributed by atoms with van der Waals surface area (Å²) in [6.45, 7) is 6.09. The van der Waals surface area contributed by atoms with Crippen LogP contribution in [-0.4, -0.2) is 40.0 Å². The molecular weight excluding hydrogens is 639 g/mol. The Bertz CT molecular complexity index is 1980. The Labute approximate surface area is 278 Å². The predicted molar refractivity (Wildman–Crippen MR) is 187 cm³/mol. The molecule has 46 heavy (non-hydrogen) atoms. The first-order valence-electron chi connectivity index (χ1n) is 15.2. The van der Waals surface area contributed by atoms with Gasteiger partial charge in [0.2, 0.25) is 5.52 Å². The zero-order valence-corrected chi connectivity index (χ0v) is 28.3. The van der Waals surface area contributed by atoms with E-state index in [1.165, 1.54) is 32.7 Å². The van der Waals surface area contributed by atoms with Crippen LogP contribution in [-0.2, 0) is 23.2 Å². The summed E-state index contributed by atoms with van der Waals surface area (Å²) in [4.78, 5) is 3.43. The van der Waals surface area contributed by atoms with Crippen LogP contribution in [0.25, 0.3) is 16.3 Å². The average molecular weight is 677 g/mol. The van der Waals surface area contributed by atoms with Crippen molar-refractivity contribution in [3.63, 3.8) is 0 Å². The topological polar surface area (TPSA) is 107 Å². The van der Waals surface area contributed by atoms with Gasteiger partial charge in [-0.2, -0.15) is 13.0 Å². The van der Waals surface area contributed by atoms with Crippen molar-refractivity contribution in [1.29, 1.82) is 0 Å². The van der Waals surface area contributed by atoms with Crippen LogP contribution in [0, 0.1) is 5.41 Å². The summed E-state index contributed by atoms with van der Waals surface area (Å²) in [7, 11) is -4.01. The SMILES string of the molecule is CC1(C)CC(=CC=Cc2sc3ccccc3[n+]2CCCS(=O)(=O)O)C=C(C=C2Sc3ccccc3N2CCn2c(O)ccc2O)C1. The van der Waals surface area contributed by atoms with Crippen molar-refractivity contribution in [1.82, 2.24) is 4.57 Å². The highest BCUT2D eigenvalue weighted by Gasteiger charge is 2.29. The van der Waals surface area contributed by atoms with E-state index in [9.17, 15) is 23.2 Å². The molecule has 0 fully saturated rings. The number of para-hydroxylation sites is 2. The second-order valence-electron chi connectivity index (χ2n) is 12.4. The molecule has 240 valence electrons. The number of anilines is 1. The first-order valence-corrected chi connectivity index (χ1v) is 18.5. The standard InChI is InChI=1S/C35H37N3O5S3/c1-35(2)23-25(9-7-14-33-36(17-8-20-46(41,42)43)27-10-3-5-12-29(27)44-33)21-26(24-35)22-34-37(28-11-4-6-13-30(28)45-34)18-19-38-31(39)15-16-32(38)40/h3-7,9-16,21-22H,8,17-20,23-24H2,1-2H3,(H2-,39,40,41,42,43)/p+1. The van der Waals surface area contributed by atoms with Gasteiger partial charge >= 0.3 is 0 Å². The normalized spacial score (nSPS) is 18.2. The Morgan fingerprint density at radius 2 is 1.72 bits per heavy atom. The Morgan fingerprint density at radius 3 is 2.50 bits per heavy atom. The number of aryl methyl sites for hydroxylation is 1. The van der Waals surface area contributed by atoms with Crippen molar-refractivity contribution in [2.75, 3.05) is 17.2 Å². The van der Waals surface area contributed by atoms with Crippen molar-refractivity contribution in [3.05, 3.63) is 106 Å². The summed E-state index contributed by atoms with van der Waals surface area (Å²) < 4.78 is 36.6. The second kappa shape index (κ2) is 13.2. The Hall–Kier alpha value is -3.77. The molecule has 8 nitrogen and oxygen atoms in total.